The van der Waals surface area contributed by atoms with Crippen molar-refractivity contribution in [1.82, 2.24) is 4.90 Å². The highest BCUT2D eigenvalue weighted by Gasteiger charge is 2.40. The van der Waals surface area contributed by atoms with E-state index < -0.39 is 6.10 Å². The van der Waals surface area contributed by atoms with Crippen LogP contribution in [0.2, 0.25) is 0 Å². The molecule has 2 heterocycles. The monoisotopic (exact) mass is 304 g/mol. The summed E-state index contributed by atoms with van der Waals surface area (Å²) in [6.45, 7) is 6.05. The van der Waals surface area contributed by atoms with Crippen LogP contribution in [0.15, 0.2) is 24.3 Å². The van der Waals surface area contributed by atoms with Gasteiger partial charge in [0, 0.05) is 30.4 Å². The van der Waals surface area contributed by atoms with Crippen LogP contribution >= 0.6 is 12.2 Å². The predicted molar refractivity (Wildman–Crippen MR) is 86.3 cm³/mol. The lowest BCUT2D eigenvalue weighted by Gasteiger charge is -2.19. The lowest BCUT2D eigenvalue weighted by molar-refractivity contribution is -0.130. The van der Waals surface area contributed by atoms with Gasteiger partial charge in [-0.3, -0.25) is 9.69 Å². The zero-order valence-corrected chi connectivity index (χ0v) is 13.2. The van der Waals surface area contributed by atoms with Crippen molar-refractivity contribution >= 4 is 29.0 Å². The van der Waals surface area contributed by atoms with E-state index >= 15 is 0 Å². The first-order valence-corrected chi connectivity index (χ1v) is 7.87. The van der Waals surface area contributed by atoms with E-state index in [1.54, 1.807) is 4.90 Å². The summed E-state index contributed by atoms with van der Waals surface area (Å²) in [7, 11) is 0. The maximum Gasteiger partial charge on any atom is 0.276 e. The molecule has 1 unspecified atom stereocenters. The fourth-order valence-electron chi connectivity index (χ4n) is 2.96. The molecule has 0 spiro atoms. The number of hydrogen-bond donors (Lipinski definition) is 0. The van der Waals surface area contributed by atoms with E-state index in [1.807, 2.05) is 26.0 Å². The zero-order valence-electron chi connectivity index (χ0n) is 12.4. The molecule has 2 saturated heterocycles. The number of nitrogens with zero attached hydrogens (tertiary/aromatic N) is 2. The Hall–Kier alpha value is -1.62. The minimum Gasteiger partial charge on any atom is -0.452 e. The molecular formula is C16H20N2O2S. The van der Waals surface area contributed by atoms with Gasteiger partial charge in [-0.1, -0.05) is 12.1 Å². The standard InChI is InChI=1S/C16H20N2O2S/c1-11(2)18-15(19)14(20-16(18)21)12-6-5-7-13(10-12)17-8-3-4-9-17/h5-7,10-11,14H,3-4,8-9H2,1-2H3. The fraction of sp³-hybridized carbons (Fsp3) is 0.500. The van der Waals surface area contributed by atoms with E-state index in [1.165, 1.54) is 12.8 Å². The molecule has 1 aromatic rings. The number of amides is 1. The van der Waals surface area contributed by atoms with Gasteiger partial charge in [-0.25, -0.2) is 0 Å². The first-order chi connectivity index (χ1) is 10.1. The molecule has 21 heavy (non-hydrogen) atoms. The van der Waals surface area contributed by atoms with E-state index in [0.717, 1.165) is 24.3 Å². The van der Waals surface area contributed by atoms with E-state index in [2.05, 4.69) is 17.0 Å². The van der Waals surface area contributed by atoms with Crippen LogP contribution in [0.3, 0.4) is 0 Å². The second kappa shape index (κ2) is 5.64. The van der Waals surface area contributed by atoms with E-state index in [4.69, 9.17) is 17.0 Å². The average Bonchev–Trinajstić information content (AvgIpc) is 3.07. The van der Waals surface area contributed by atoms with Crippen molar-refractivity contribution in [1.29, 1.82) is 0 Å². The van der Waals surface area contributed by atoms with Crippen molar-refractivity contribution < 1.29 is 9.53 Å². The third-order valence-corrected chi connectivity index (χ3v) is 4.33. The maximum absolute atomic E-state index is 12.5. The lowest BCUT2D eigenvalue weighted by atomic mass is 10.1. The van der Waals surface area contributed by atoms with Crippen LogP contribution in [0.5, 0.6) is 0 Å². The quantitative estimate of drug-likeness (QED) is 0.804. The molecule has 0 aliphatic carbocycles. The van der Waals surface area contributed by atoms with E-state index in [0.29, 0.717) is 0 Å². The summed E-state index contributed by atoms with van der Waals surface area (Å²) in [5.41, 5.74) is 2.05. The molecular weight excluding hydrogens is 284 g/mol. The van der Waals surface area contributed by atoms with Gasteiger partial charge in [0.25, 0.3) is 11.1 Å². The van der Waals surface area contributed by atoms with Gasteiger partial charge in [0.05, 0.1) is 0 Å². The number of anilines is 1. The number of carbonyl (C=O) groups is 1. The second-order valence-corrected chi connectivity index (χ2v) is 6.20. The fourth-order valence-corrected chi connectivity index (χ4v) is 3.36. The van der Waals surface area contributed by atoms with Crippen LogP contribution in [-0.2, 0) is 9.53 Å². The summed E-state index contributed by atoms with van der Waals surface area (Å²) in [5.74, 6) is -0.0615. The highest BCUT2D eigenvalue weighted by molar-refractivity contribution is 7.80. The molecule has 2 fully saturated rings. The first-order valence-electron chi connectivity index (χ1n) is 7.46. The van der Waals surface area contributed by atoms with Crippen molar-refractivity contribution in [2.24, 2.45) is 0 Å². The summed E-state index contributed by atoms with van der Waals surface area (Å²) in [6, 6.07) is 8.10. The summed E-state index contributed by atoms with van der Waals surface area (Å²) in [5, 5.41) is 0.284. The van der Waals surface area contributed by atoms with Crippen molar-refractivity contribution in [2.45, 2.75) is 38.8 Å². The van der Waals surface area contributed by atoms with Crippen LogP contribution < -0.4 is 4.90 Å². The minimum absolute atomic E-state index is 0.0248. The molecule has 5 heteroatoms. The van der Waals surface area contributed by atoms with Crippen LogP contribution in [-0.4, -0.2) is 35.1 Å². The van der Waals surface area contributed by atoms with Gasteiger partial charge in [0.15, 0.2) is 0 Å². The molecule has 1 aromatic carbocycles. The Kier molecular flexibility index (Phi) is 3.85. The topological polar surface area (TPSA) is 32.8 Å². The Balaban J connectivity index is 1.85. The minimum atomic E-state index is -0.595. The van der Waals surface area contributed by atoms with Gasteiger partial charge in [-0.05, 0) is 51.0 Å². The summed E-state index contributed by atoms with van der Waals surface area (Å²) < 4.78 is 5.64. The molecule has 2 aliphatic heterocycles. The van der Waals surface area contributed by atoms with Crippen LogP contribution in [0.4, 0.5) is 5.69 Å². The smallest absolute Gasteiger partial charge is 0.276 e. The van der Waals surface area contributed by atoms with E-state index in [-0.39, 0.29) is 17.1 Å². The summed E-state index contributed by atoms with van der Waals surface area (Å²) in [6.07, 6.45) is 1.87. The maximum atomic E-state index is 12.5. The number of hydrogen-bond acceptors (Lipinski definition) is 4. The number of carbonyl (C=O) groups excluding carboxylic acids is 1. The van der Waals surface area contributed by atoms with Gasteiger partial charge in [-0.2, -0.15) is 0 Å². The van der Waals surface area contributed by atoms with Crippen molar-refractivity contribution in [2.75, 3.05) is 18.0 Å². The van der Waals surface area contributed by atoms with Crippen molar-refractivity contribution in [3.8, 4) is 0 Å². The Labute approximate surface area is 130 Å². The van der Waals surface area contributed by atoms with Crippen molar-refractivity contribution in [3.05, 3.63) is 29.8 Å². The zero-order chi connectivity index (χ0) is 15.0. The van der Waals surface area contributed by atoms with Gasteiger partial charge >= 0.3 is 0 Å². The second-order valence-electron chi connectivity index (χ2n) is 5.85. The van der Waals surface area contributed by atoms with Crippen LogP contribution in [0, 0.1) is 0 Å². The molecule has 0 radical (unpaired) electrons. The van der Waals surface area contributed by atoms with Gasteiger partial charge < -0.3 is 9.64 Å². The highest BCUT2D eigenvalue weighted by Crippen LogP contribution is 2.31. The summed E-state index contributed by atoms with van der Waals surface area (Å²) in [4.78, 5) is 16.4. The molecule has 112 valence electrons. The molecule has 1 amide bonds. The predicted octanol–water partition coefficient (Wildman–Crippen LogP) is 2.88. The number of rotatable bonds is 3. The Morgan fingerprint density at radius 2 is 2.00 bits per heavy atom. The SMILES string of the molecule is CC(C)N1C(=O)C(c2cccc(N3CCCC3)c2)OC1=S. The largest absolute Gasteiger partial charge is 0.452 e. The normalized spacial score (nSPS) is 22.3. The molecule has 0 N–H and O–H groups in total. The molecule has 3 rings (SSSR count). The highest BCUT2D eigenvalue weighted by atomic mass is 32.1. The van der Waals surface area contributed by atoms with E-state index in [9.17, 15) is 4.79 Å². The Morgan fingerprint density at radius 3 is 2.62 bits per heavy atom. The average molecular weight is 304 g/mol. The summed E-state index contributed by atoms with van der Waals surface area (Å²) >= 11 is 5.18. The molecule has 1 atom stereocenters. The third kappa shape index (κ3) is 2.62. The Morgan fingerprint density at radius 1 is 1.29 bits per heavy atom. The molecule has 0 saturated carbocycles. The third-order valence-electron chi connectivity index (χ3n) is 4.04. The first kappa shape index (κ1) is 14.3. The molecule has 4 nitrogen and oxygen atoms in total. The number of benzene rings is 1. The molecule has 0 bridgehead atoms. The Bertz CT molecular complexity index is 567. The van der Waals surface area contributed by atoms with Crippen LogP contribution in [0.25, 0.3) is 0 Å². The number of thiocarbonyl (C=S) groups is 1. The van der Waals surface area contributed by atoms with Gasteiger partial charge in [-0.15, -0.1) is 0 Å². The van der Waals surface area contributed by atoms with Crippen molar-refractivity contribution in [3.63, 3.8) is 0 Å². The molecule has 2 aliphatic rings. The van der Waals surface area contributed by atoms with Gasteiger partial charge in [0.2, 0.25) is 6.10 Å². The molecule has 0 aromatic heterocycles. The van der Waals surface area contributed by atoms with Crippen LogP contribution in [0.1, 0.15) is 38.4 Å². The lowest BCUT2D eigenvalue weighted by Crippen LogP contribution is -2.35. The van der Waals surface area contributed by atoms with Gasteiger partial charge in [0.1, 0.15) is 0 Å². The number of ether oxygens (including phenoxy) is 1.